The van der Waals surface area contributed by atoms with E-state index in [9.17, 15) is 9.90 Å². The van der Waals surface area contributed by atoms with Gasteiger partial charge in [-0.25, -0.2) is 4.79 Å². The van der Waals surface area contributed by atoms with Crippen molar-refractivity contribution in [1.29, 1.82) is 0 Å². The van der Waals surface area contributed by atoms with Crippen molar-refractivity contribution < 1.29 is 9.90 Å². The first-order valence-electron chi connectivity index (χ1n) is 6.73. The van der Waals surface area contributed by atoms with Gasteiger partial charge in [-0.3, -0.25) is 5.10 Å². The Bertz CT molecular complexity index is 865. The number of carbonyl (C=O) groups is 1. The quantitative estimate of drug-likeness (QED) is 0.590. The highest BCUT2D eigenvalue weighted by Crippen LogP contribution is 2.41. The second-order valence-corrected chi connectivity index (χ2v) is 5.13. The number of nitrogens with one attached hydrogen (secondary N) is 1. The van der Waals surface area contributed by atoms with Crippen molar-refractivity contribution in [2.75, 3.05) is 0 Å². The van der Waals surface area contributed by atoms with Crippen LogP contribution in [0, 0.1) is 0 Å². The van der Waals surface area contributed by atoms with E-state index < -0.39 is 5.97 Å². The number of H-pyrrole nitrogens is 1. The van der Waals surface area contributed by atoms with E-state index in [-0.39, 0.29) is 5.56 Å². The fourth-order valence-corrected chi connectivity index (χ4v) is 3.05. The molecule has 4 nitrogen and oxygen atoms in total. The van der Waals surface area contributed by atoms with Crippen LogP contribution in [0.4, 0.5) is 0 Å². The second-order valence-electron chi connectivity index (χ2n) is 5.13. The van der Waals surface area contributed by atoms with Crippen molar-refractivity contribution in [2.24, 2.45) is 0 Å². The Hall–Kier alpha value is -2.88. The summed E-state index contributed by atoms with van der Waals surface area (Å²) >= 11 is 0. The molecule has 1 aliphatic rings. The van der Waals surface area contributed by atoms with E-state index in [1.165, 1.54) is 22.9 Å². The fraction of sp³-hybridized carbons (Fsp3) is 0.0588. The molecule has 0 spiro atoms. The molecule has 2 aromatic carbocycles. The summed E-state index contributed by atoms with van der Waals surface area (Å²) in [5, 5.41) is 16.0. The maximum absolute atomic E-state index is 11.3. The Morgan fingerprint density at radius 2 is 1.81 bits per heavy atom. The lowest BCUT2D eigenvalue weighted by atomic mass is 9.97. The topological polar surface area (TPSA) is 66.0 Å². The molecule has 0 saturated heterocycles. The molecular formula is C17H12N2O2. The Kier molecular flexibility index (Phi) is 2.44. The van der Waals surface area contributed by atoms with E-state index in [0.717, 1.165) is 17.5 Å². The molecule has 0 amide bonds. The third kappa shape index (κ3) is 1.69. The summed E-state index contributed by atoms with van der Waals surface area (Å²) < 4.78 is 0. The molecule has 4 heteroatoms. The largest absolute Gasteiger partial charge is 0.478 e. The lowest BCUT2D eigenvalue weighted by Crippen LogP contribution is -1.98. The Labute approximate surface area is 121 Å². The first-order chi connectivity index (χ1) is 10.3. The third-order valence-corrected chi connectivity index (χ3v) is 3.99. The van der Waals surface area contributed by atoms with Crippen LogP contribution in [0.5, 0.6) is 0 Å². The van der Waals surface area contributed by atoms with Gasteiger partial charge in [0.05, 0.1) is 11.9 Å². The van der Waals surface area contributed by atoms with Gasteiger partial charge in [0.1, 0.15) is 5.56 Å². The summed E-state index contributed by atoms with van der Waals surface area (Å²) in [5.74, 6) is -0.966. The van der Waals surface area contributed by atoms with Gasteiger partial charge in [-0.1, -0.05) is 42.5 Å². The summed E-state index contributed by atoms with van der Waals surface area (Å²) in [6, 6.07) is 14.3. The van der Waals surface area contributed by atoms with Gasteiger partial charge >= 0.3 is 5.97 Å². The monoisotopic (exact) mass is 276 g/mol. The van der Waals surface area contributed by atoms with Crippen LogP contribution in [0.25, 0.3) is 22.4 Å². The van der Waals surface area contributed by atoms with E-state index >= 15 is 0 Å². The third-order valence-electron chi connectivity index (χ3n) is 3.99. The number of rotatable bonds is 2. The molecule has 1 aliphatic carbocycles. The lowest BCUT2D eigenvalue weighted by Gasteiger charge is -2.07. The molecule has 0 aliphatic heterocycles. The minimum absolute atomic E-state index is 0.208. The van der Waals surface area contributed by atoms with Crippen molar-refractivity contribution in [2.45, 2.75) is 6.42 Å². The zero-order chi connectivity index (χ0) is 14.4. The van der Waals surface area contributed by atoms with Gasteiger partial charge in [0.25, 0.3) is 0 Å². The minimum Gasteiger partial charge on any atom is -0.478 e. The molecule has 0 fully saturated rings. The first kappa shape index (κ1) is 11.9. The molecule has 1 heterocycles. The summed E-state index contributed by atoms with van der Waals surface area (Å²) in [4.78, 5) is 11.3. The van der Waals surface area contributed by atoms with Gasteiger partial charge in [0, 0.05) is 5.56 Å². The van der Waals surface area contributed by atoms with Gasteiger partial charge in [-0.15, -0.1) is 0 Å². The molecule has 3 aromatic rings. The maximum atomic E-state index is 11.3. The Morgan fingerprint density at radius 3 is 2.67 bits per heavy atom. The molecular weight excluding hydrogens is 264 g/mol. The Morgan fingerprint density at radius 1 is 1.05 bits per heavy atom. The van der Waals surface area contributed by atoms with Crippen molar-refractivity contribution >= 4 is 5.97 Å². The summed E-state index contributed by atoms with van der Waals surface area (Å²) in [6.07, 6.45) is 2.18. The summed E-state index contributed by atoms with van der Waals surface area (Å²) in [5.41, 5.74) is 6.53. The number of aromatic amines is 1. The molecule has 0 atom stereocenters. The van der Waals surface area contributed by atoms with Crippen LogP contribution < -0.4 is 0 Å². The van der Waals surface area contributed by atoms with Crippen LogP contribution in [0.15, 0.2) is 48.7 Å². The molecule has 0 saturated carbocycles. The average Bonchev–Trinajstić information content (AvgIpc) is 3.11. The van der Waals surface area contributed by atoms with Crippen molar-refractivity contribution in [3.05, 3.63) is 65.4 Å². The number of fused-ring (bicyclic) bond motifs is 3. The standard InChI is InChI=1S/C17H12N2O2/c20-17(21)15-9-18-19-16(15)13-7-3-6-12-11-5-2-1-4-10(11)8-14(12)13/h1-7,9H,8H2,(H,18,19)(H,20,21). The number of nitrogens with zero attached hydrogens (tertiary/aromatic N) is 1. The van der Waals surface area contributed by atoms with Crippen LogP contribution in [0.3, 0.4) is 0 Å². The second kappa shape index (κ2) is 4.31. The highest BCUT2D eigenvalue weighted by atomic mass is 16.4. The van der Waals surface area contributed by atoms with Gasteiger partial charge in [0.15, 0.2) is 0 Å². The molecule has 0 radical (unpaired) electrons. The predicted octanol–water partition coefficient (Wildman–Crippen LogP) is 3.35. The number of carboxylic acids is 1. The van der Waals surface area contributed by atoms with Crippen LogP contribution in [0.1, 0.15) is 21.5 Å². The van der Waals surface area contributed by atoms with Gasteiger partial charge in [-0.05, 0) is 28.7 Å². The minimum atomic E-state index is -0.966. The lowest BCUT2D eigenvalue weighted by molar-refractivity contribution is 0.0698. The fourth-order valence-electron chi connectivity index (χ4n) is 3.05. The molecule has 1 aromatic heterocycles. The van der Waals surface area contributed by atoms with Crippen LogP contribution in [-0.2, 0) is 6.42 Å². The highest BCUT2D eigenvalue weighted by Gasteiger charge is 2.24. The molecule has 0 bridgehead atoms. The highest BCUT2D eigenvalue weighted by molar-refractivity contribution is 5.96. The number of hydrogen-bond acceptors (Lipinski definition) is 2. The molecule has 2 N–H and O–H groups in total. The van der Waals surface area contributed by atoms with E-state index in [0.29, 0.717) is 5.69 Å². The number of aromatic carboxylic acids is 1. The first-order valence-corrected chi connectivity index (χ1v) is 6.73. The maximum Gasteiger partial charge on any atom is 0.339 e. The van der Waals surface area contributed by atoms with E-state index in [1.54, 1.807) is 0 Å². The molecule has 4 rings (SSSR count). The van der Waals surface area contributed by atoms with Gasteiger partial charge in [0.2, 0.25) is 0 Å². The van der Waals surface area contributed by atoms with Crippen molar-refractivity contribution in [1.82, 2.24) is 10.2 Å². The van der Waals surface area contributed by atoms with E-state index in [1.807, 2.05) is 24.3 Å². The van der Waals surface area contributed by atoms with Gasteiger partial charge < -0.3 is 5.11 Å². The number of benzene rings is 2. The van der Waals surface area contributed by atoms with Crippen LogP contribution in [-0.4, -0.2) is 21.3 Å². The Balaban J connectivity index is 1.94. The number of aromatic nitrogens is 2. The van der Waals surface area contributed by atoms with E-state index in [4.69, 9.17) is 0 Å². The normalized spacial score (nSPS) is 12.0. The summed E-state index contributed by atoms with van der Waals surface area (Å²) in [7, 11) is 0. The van der Waals surface area contributed by atoms with Crippen molar-refractivity contribution in [3.63, 3.8) is 0 Å². The number of hydrogen-bond donors (Lipinski definition) is 2. The molecule has 0 unspecified atom stereocenters. The van der Waals surface area contributed by atoms with Crippen molar-refractivity contribution in [3.8, 4) is 22.4 Å². The molecule has 102 valence electrons. The van der Waals surface area contributed by atoms with E-state index in [2.05, 4.69) is 28.4 Å². The zero-order valence-electron chi connectivity index (χ0n) is 11.1. The number of carboxylic acid groups (broad SMARTS) is 1. The van der Waals surface area contributed by atoms with Gasteiger partial charge in [-0.2, -0.15) is 5.10 Å². The van der Waals surface area contributed by atoms with Crippen LogP contribution in [0.2, 0.25) is 0 Å². The smallest absolute Gasteiger partial charge is 0.339 e. The molecule has 21 heavy (non-hydrogen) atoms. The predicted molar refractivity (Wildman–Crippen MR) is 79.2 cm³/mol. The van der Waals surface area contributed by atoms with Crippen LogP contribution >= 0.6 is 0 Å². The summed E-state index contributed by atoms with van der Waals surface area (Å²) in [6.45, 7) is 0. The zero-order valence-corrected chi connectivity index (χ0v) is 11.1. The average molecular weight is 276 g/mol. The SMILES string of the molecule is O=C(O)c1cn[nH]c1-c1cccc2c1Cc1ccccc1-2.